The third-order valence-corrected chi connectivity index (χ3v) is 4.97. The fourth-order valence-corrected chi connectivity index (χ4v) is 3.81. The van der Waals surface area contributed by atoms with Crippen molar-refractivity contribution in [1.29, 1.82) is 5.26 Å². The van der Waals surface area contributed by atoms with Crippen molar-refractivity contribution < 1.29 is 12.8 Å². The van der Waals surface area contributed by atoms with Crippen LogP contribution >= 0.6 is 0 Å². The second-order valence-electron chi connectivity index (χ2n) is 5.50. The molecule has 0 spiro atoms. The highest BCUT2D eigenvalue weighted by Gasteiger charge is 2.25. The Hall–Kier alpha value is -2.23. The molecule has 0 aliphatic carbocycles. The molecule has 0 bridgehead atoms. The Balaban J connectivity index is 2.40. The molecule has 1 N–H and O–H groups in total. The van der Waals surface area contributed by atoms with Gasteiger partial charge in [-0.1, -0.05) is 38.1 Å². The Labute approximate surface area is 135 Å². The zero-order valence-corrected chi connectivity index (χ0v) is 13.6. The molecule has 23 heavy (non-hydrogen) atoms. The third-order valence-electron chi connectivity index (χ3n) is 3.47. The molecule has 0 saturated carbocycles. The minimum atomic E-state index is -3.87. The first-order valence-corrected chi connectivity index (χ1v) is 8.60. The number of nitrogens with zero attached hydrogens (tertiary/aromatic N) is 1. The Bertz CT molecular complexity index is 824. The van der Waals surface area contributed by atoms with E-state index in [1.165, 1.54) is 24.3 Å². The molecule has 0 saturated heterocycles. The molecule has 120 valence electrons. The molecule has 0 amide bonds. The van der Waals surface area contributed by atoms with E-state index in [2.05, 4.69) is 4.72 Å². The summed E-state index contributed by atoms with van der Waals surface area (Å²) >= 11 is 0. The number of hydrogen-bond acceptors (Lipinski definition) is 3. The number of nitriles is 1. The molecule has 2 rings (SSSR count). The quantitative estimate of drug-likeness (QED) is 0.912. The molecule has 0 aliphatic rings. The van der Waals surface area contributed by atoms with Gasteiger partial charge in [0, 0.05) is 6.04 Å². The smallest absolute Gasteiger partial charge is 0.207 e. The highest BCUT2D eigenvalue weighted by Crippen LogP contribution is 2.25. The maximum atomic E-state index is 13.1. The van der Waals surface area contributed by atoms with E-state index in [4.69, 9.17) is 5.26 Å². The maximum absolute atomic E-state index is 13.1. The molecule has 0 aliphatic heterocycles. The van der Waals surface area contributed by atoms with Crippen LogP contribution in [0.5, 0.6) is 0 Å². The van der Waals surface area contributed by atoms with Gasteiger partial charge in [0.25, 0.3) is 0 Å². The van der Waals surface area contributed by atoms with Crippen molar-refractivity contribution in [3.63, 3.8) is 0 Å². The second kappa shape index (κ2) is 6.90. The van der Waals surface area contributed by atoms with E-state index in [-0.39, 0.29) is 22.2 Å². The molecule has 6 heteroatoms. The zero-order chi connectivity index (χ0) is 17.0. The van der Waals surface area contributed by atoms with Crippen LogP contribution < -0.4 is 4.72 Å². The summed E-state index contributed by atoms with van der Waals surface area (Å²) in [5, 5.41) is 9.09. The lowest BCUT2D eigenvalue weighted by Crippen LogP contribution is -2.32. The molecule has 0 radical (unpaired) electrons. The lowest BCUT2D eigenvalue weighted by atomic mass is 9.97. The fraction of sp³-hybridized carbons (Fsp3) is 0.235. The van der Waals surface area contributed by atoms with E-state index in [0.29, 0.717) is 5.56 Å². The Morgan fingerprint density at radius 1 is 1.09 bits per heavy atom. The highest BCUT2D eigenvalue weighted by atomic mass is 32.2. The minimum Gasteiger partial charge on any atom is -0.207 e. The SMILES string of the molecule is CC(C)C(NS(=O)(=O)c1ccccc1C#N)c1ccc(F)cc1. The monoisotopic (exact) mass is 332 g/mol. The summed E-state index contributed by atoms with van der Waals surface area (Å²) in [7, 11) is -3.87. The lowest BCUT2D eigenvalue weighted by Gasteiger charge is -2.23. The molecule has 0 aromatic heterocycles. The van der Waals surface area contributed by atoms with Crippen molar-refractivity contribution in [3.8, 4) is 6.07 Å². The summed E-state index contributed by atoms with van der Waals surface area (Å²) in [6.07, 6.45) is 0. The number of nitrogens with one attached hydrogen (secondary N) is 1. The van der Waals surface area contributed by atoms with Crippen molar-refractivity contribution in [2.75, 3.05) is 0 Å². The van der Waals surface area contributed by atoms with Gasteiger partial charge < -0.3 is 0 Å². The summed E-state index contributed by atoms with van der Waals surface area (Å²) < 4.78 is 41.0. The van der Waals surface area contributed by atoms with E-state index >= 15 is 0 Å². The largest absolute Gasteiger partial charge is 0.242 e. The molecule has 0 heterocycles. The van der Waals surface area contributed by atoms with Crippen LogP contribution in [-0.2, 0) is 10.0 Å². The Kier molecular flexibility index (Phi) is 5.14. The summed E-state index contributed by atoms with van der Waals surface area (Å²) in [5.74, 6) is -0.432. The van der Waals surface area contributed by atoms with Crippen LogP contribution in [0, 0.1) is 23.1 Å². The highest BCUT2D eigenvalue weighted by molar-refractivity contribution is 7.89. The van der Waals surface area contributed by atoms with Crippen LogP contribution in [0.1, 0.15) is 31.0 Å². The Morgan fingerprint density at radius 2 is 1.70 bits per heavy atom. The van der Waals surface area contributed by atoms with Gasteiger partial charge in [-0.25, -0.2) is 17.5 Å². The van der Waals surface area contributed by atoms with Gasteiger partial charge >= 0.3 is 0 Å². The molecular weight excluding hydrogens is 315 g/mol. The van der Waals surface area contributed by atoms with Gasteiger partial charge in [-0.05, 0) is 35.7 Å². The van der Waals surface area contributed by atoms with Gasteiger partial charge in [0.05, 0.1) is 10.5 Å². The molecule has 1 unspecified atom stereocenters. The van der Waals surface area contributed by atoms with Gasteiger partial charge in [0.1, 0.15) is 11.9 Å². The topological polar surface area (TPSA) is 70.0 Å². The standard InChI is InChI=1S/C17H17FN2O2S/c1-12(2)17(13-7-9-15(18)10-8-13)20-23(21,22)16-6-4-3-5-14(16)11-19/h3-10,12,17,20H,1-2H3. The second-order valence-corrected chi connectivity index (χ2v) is 7.18. The van der Waals surface area contributed by atoms with E-state index in [1.807, 2.05) is 19.9 Å². The van der Waals surface area contributed by atoms with Crippen molar-refractivity contribution in [3.05, 3.63) is 65.5 Å². The molecule has 1 atom stereocenters. The van der Waals surface area contributed by atoms with Gasteiger partial charge in [-0.15, -0.1) is 0 Å². The van der Waals surface area contributed by atoms with E-state index in [9.17, 15) is 12.8 Å². The van der Waals surface area contributed by atoms with Crippen molar-refractivity contribution in [1.82, 2.24) is 4.72 Å². The van der Waals surface area contributed by atoms with Crippen LogP contribution in [0.3, 0.4) is 0 Å². The van der Waals surface area contributed by atoms with Crippen molar-refractivity contribution in [2.45, 2.75) is 24.8 Å². The first kappa shape index (κ1) is 17.1. The zero-order valence-electron chi connectivity index (χ0n) is 12.8. The molecule has 2 aromatic rings. The average Bonchev–Trinajstić information content (AvgIpc) is 2.53. The van der Waals surface area contributed by atoms with Crippen molar-refractivity contribution >= 4 is 10.0 Å². The number of benzene rings is 2. The molecule has 0 fully saturated rings. The van der Waals surface area contributed by atoms with E-state index in [1.54, 1.807) is 24.3 Å². The lowest BCUT2D eigenvalue weighted by molar-refractivity contribution is 0.462. The van der Waals surface area contributed by atoms with Gasteiger partial charge in [0.2, 0.25) is 10.0 Å². The van der Waals surface area contributed by atoms with Gasteiger partial charge in [-0.2, -0.15) is 5.26 Å². The number of sulfonamides is 1. The van der Waals surface area contributed by atoms with Crippen LogP contribution in [0.25, 0.3) is 0 Å². The molecular formula is C17H17FN2O2S. The predicted octanol–water partition coefficient (Wildman–Crippen LogP) is 3.37. The van der Waals surface area contributed by atoms with Crippen LogP contribution in [0.2, 0.25) is 0 Å². The average molecular weight is 332 g/mol. The van der Waals surface area contributed by atoms with Gasteiger partial charge in [-0.3, -0.25) is 0 Å². The third kappa shape index (κ3) is 3.95. The van der Waals surface area contributed by atoms with Gasteiger partial charge in [0.15, 0.2) is 0 Å². The normalized spacial score (nSPS) is 12.8. The first-order chi connectivity index (χ1) is 10.8. The van der Waals surface area contributed by atoms with Crippen LogP contribution in [0.15, 0.2) is 53.4 Å². The summed E-state index contributed by atoms with van der Waals surface area (Å²) in [6.45, 7) is 3.74. The number of halogens is 1. The number of rotatable bonds is 5. The summed E-state index contributed by atoms with van der Waals surface area (Å²) in [4.78, 5) is -0.0599. The maximum Gasteiger partial charge on any atom is 0.242 e. The number of hydrogen-bond donors (Lipinski definition) is 1. The fourth-order valence-electron chi connectivity index (χ4n) is 2.28. The van der Waals surface area contributed by atoms with Crippen molar-refractivity contribution in [2.24, 2.45) is 5.92 Å². The van der Waals surface area contributed by atoms with E-state index in [0.717, 1.165) is 0 Å². The first-order valence-electron chi connectivity index (χ1n) is 7.12. The summed E-state index contributed by atoms with van der Waals surface area (Å²) in [5.41, 5.74) is 0.751. The van der Waals surface area contributed by atoms with Crippen LogP contribution in [0.4, 0.5) is 4.39 Å². The molecule has 4 nitrogen and oxygen atoms in total. The molecule has 2 aromatic carbocycles. The summed E-state index contributed by atoms with van der Waals surface area (Å²) in [6, 6.07) is 13.1. The Morgan fingerprint density at radius 3 is 2.26 bits per heavy atom. The predicted molar refractivity (Wildman–Crippen MR) is 85.5 cm³/mol. The van der Waals surface area contributed by atoms with E-state index < -0.39 is 16.1 Å². The van der Waals surface area contributed by atoms with Crippen LogP contribution in [-0.4, -0.2) is 8.42 Å². The minimum absolute atomic E-state index is 0.0514.